The van der Waals surface area contributed by atoms with Crippen LogP contribution in [0.2, 0.25) is 0 Å². The number of hydrogen-bond donors (Lipinski definition) is 2. The Balaban J connectivity index is 1.75. The molecule has 0 aliphatic heterocycles. The average Bonchev–Trinajstić information content (AvgIpc) is 3.05. The molecule has 0 saturated heterocycles. The Morgan fingerprint density at radius 2 is 1.84 bits per heavy atom. The van der Waals surface area contributed by atoms with Gasteiger partial charge in [-0.1, -0.05) is 25.1 Å². The first-order valence-electron chi connectivity index (χ1n) is 9.96. The summed E-state index contributed by atoms with van der Waals surface area (Å²) in [6.07, 6.45) is -2.88. The van der Waals surface area contributed by atoms with Crippen molar-refractivity contribution in [2.45, 2.75) is 38.9 Å². The Morgan fingerprint density at radius 1 is 1.06 bits per heavy atom. The second-order valence-electron chi connectivity index (χ2n) is 7.08. The minimum Gasteiger partial charge on any atom is -0.356 e. The van der Waals surface area contributed by atoms with Gasteiger partial charge in [-0.05, 0) is 36.8 Å². The molecule has 164 valence electrons. The molecule has 3 aromatic rings. The van der Waals surface area contributed by atoms with Crippen molar-refractivity contribution in [3.05, 3.63) is 59.9 Å². The van der Waals surface area contributed by atoms with E-state index < -0.39 is 17.6 Å². The standard InChI is InChI=1S/C22H23F3N4O2/c1-2-6-20(30)26-12-11-19-28-17-9-3-4-10-18(17)29(19)14-21(31)27-16-8-5-7-15(13-16)22(23,24)25/h3-5,7-10,13H,2,6,11-12,14H2,1H3,(H,26,30)(H,27,31). The van der Waals surface area contributed by atoms with Gasteiger partial charge in [0.1, 0.15) is 12.4 Å². The second-order valence-corrected chi connectivity index (χ2v) is 7.08. The van der Waals surface area contributed by atoms with Crippen LogP contribution in [0, 0.1) is 0 Å². The summed E-state index contributed by atoms with van der Waals surface area (Å²) in [5.74, 6) is 0.0865. The Morgan fingerprint density at radius 3 is 2.58 bits per heavy atom. The molecule has 0 radical (unpaired) electrons. The van der Waals surface area contributed by atoms with Crippen molar-refractivity contribution in [1.29, 1.82) is 0 Å². The maximum atomic E-state index is 12.9. The molecule has 0 saturated carbocycles. The van der Waals surface area contributed by atoms with Gasteiger partial charge in [0.05, 0.1) is 16.6 Å². The number of amides is 2. The Kier molecular flexibility index (Phi) is 6.94. The number of halogens is 3. The molecule has 0 atom stereocenters. The number of benzene rings is 2. The summed E-state index contributed by atoms with van der Waals surface area (Å²) in [5.41, 5.74) is 0.667. The highest BCUT2D eigenvalue weighted by Gasteiger charge is 2.30. The van der Waals surface area contributed by atoms with Crippen molar-refractivity contribution in [3.8, 4) is 0 Å². The molecule has 2 N–H and O–H groups in total. The summed E-state index contributed by atoms with van der Waals surface area (Å²) in [4.78, 5) is 28.8. The molecule has 2 aromatic carbocycles. The lowest BCUT2D eigenvalue weighted by Crippen LogP contribution is -2.27. The van der Waals surface area contributed by atoms with Crippen LogP contribution in [0.5, 0.6) is 0 Å². The van der Waals surface area contributed by atoms with Crippen molar-refractivity contribution in [1.82, 2.24) is 14.9 Å². The lowest BCUT2D eigenvalue weighted by atomic mass is 10.2. The molecule has 31 heavy (non-hydrogen) atoms. The third-order valence-electron chi connectivity index (χ3n) is 4.66. The molecule has 0 bridgehead atoms. The zero-order valence-electron chi connectivity index (χ0n) is 17.0. The van der Waals surface area contributed by atoms with E-state index in [0.29, 0.717) is 30.7 Å². The molecule has 2 amide bonds. The minimum atomic E-state index is -4.49. The monoisotopic (exact) mass is 432 g/mol. The van der Waals surface area contributed by atoms with Gasteiger partial charge in [-0.2, -0.15) is 13.2 Å². The topological polar surface area (TPSA) is 76.0 Å². The van der Waals surface area contributed by atoms with Crippen LogP contribution in [0.1, 0.15) is 31.2 Å². The summed E-state index contributed by atoms with van der Waals surface area (Å²) >= 11 is 0. The molecule has 1 aromatic heterocycles. The van der Waals surface area contributed by atoms with E-state index in [9.17, 15) is 22.8 Å². The van der Waals surface area contributed by atoms with Gasteiger partial charge in [0, 0.05) is 25.1 Å². The average molecular weight is 432 g/mol. The highest BCUT2D eigenvalue weighted by Crippen LogP contribution is 2.30. The summed E-state index contributed by atoms with van der Waals surface area (Å²) in [7, 11) is 0. The number of rotatable bonds is 8. The zero-order valence-corrected chi connectivity index (χ0v) is 17.0. The third kappa shape index (κ3) is 5.84. The van der Waals surface area contributed by atoms with E-state index in [1.165, 1.54) is 12.1 Å². The molecule has 0 aliphatic rings. The third-order valence-corrected chi connectivity index (χ3v) is 4.66. The number of carbonyl (C=O) groups excluding carboxylic acids is 2. The van der Waals surface area contributed by atoms with Crippen LogP contribution in [-0.4, -0.2) is 27.9 Å². The van der Waals surface area contributed by atoms with Crippen LogP contribution in [0.3, 0.4) is 0 Å². The van der Waals surface area contributed by atoms with Crippen molar-refractivity contribution in [2.24, 2.45) is 0 Å². The van der Waals surface area contributed by atoms with Crippen LogP contribution in [0.25, 0.3) is 11.0 Å². The number of nitrogens with zero attached hydrogens (tertiary/aromatic N) is 2. The Bertz CT molecular complexity index is 1080. The Labute approximate surface area is 177 Å². The lowest BCUT2D eigenvalue weighted by molar-refractivity contribution is -0.137. The van der Waals surface area contributed by atoms with Crippen LogP contribution in [-0.2, 0) is 28.7 Å². The maximum absolute atomic E-state index is 12.9. The molecule has 1 heterocycles. The largest absolute Gasteiger partial charge is 0.416 e. The van der Waals surface area contributed by atoms with E-state index in [1.807, 2.05) is 31.2 Å². The van der Waals surface area contributed by atoms with Crippen molar-refractivity contribution in [2.75, 3.05) is 11.9 Å². The van der Waals surface area contributed by atoms with Crippen molar-refractivity contribution in [3.63, 3.8) is 0 Å². The predicted octanol–water partition coefficient (Wildman–Crippen LogP) is 4.15. The molecule has 0 spiro atoms. The smallest absolute Gasteiger partial charge is 0.356 e. The molecular weight excluding hydrogens is 409 g/mol. The maximum Gasteiger partial charge on any atom is 0.416 e. The zero-order chi connectivity index (χ0) is 22.4. The second kappa shape index (κ2) is 9.63. The van der Waals surface area contributed by atoms with E-state index in [-0.39, 0.29) is 18.1 Å². The van der Waals surface area contributed by atoms with E-state index in [1.54, 1.807) is 4.57 Å². The van der Waals surface area contributed by atoms with Crippen LogP contribution >= 0.6 is 0 Å². The fraction of sp³-hybridized carbons (Fsp3) is 0.318. The predicted molar refractivity (Wildman–Crippen MR) is 111 cm³/mol. The number of aromatic nitrogens is 2. The summed E-state index contributed by atoms with van der Waals surface area (Å²) in [5, 5.41) is 5.34. The van der Waals surface area contributed by atoms with E-state index in [0.717, 1.165) is 24.1 Å². The van der Waals surface area contributed by atoms with Crippen LogP contribution < -0.4 is 10.6 Å². The Hall–Kier alpha value is -3.36. The highest BCUT2D eigenvalue weighted by atomic mass is 19.4. The van der Waals surface area contributed by atoms with Gasteiger partial charge in [-0.3, -0.25) is 9.59 Å². The fourth-order valence-electron chi connectivity index (χ4n) is 3.24. The number of para-hydroxylation sites is 2. The molecule has 3 rings (SSSR count). The number of carbonyl (C=O) groups is 2. The number of fused-ring (bicyclic) bond motifs is 1. The molecule has 6 nitrogen and oxygen atoms in total. The molecule has 9 heteroatoms. The number of nitrogens with one attached hydrogen (secondary N) is 2. The first-order valence-corrected chi connectivity index (χ1v) is 9.96. The van der Waals surface area contributed by atoms with Gasteiger partial charge in [0.2, 0.25) is 11.8 Å². The summed E-state index contributed by atoms with van der Waals surface area (Å²) in [6.45, 7) is 2.18. The number of hydrogen-bond acceptors (Lipinski definition) is 3. The van der Waals surface area contributed by atoms with E-state index in [2.05, 4.69) is 15.6 Å². The normalized spacial score (nSPS) is 11.5. The molecule has 0 unspecified atom stereocenters. The van der Waals surface area contributed by atoms with Crippen molar-refractivity contribution < 1.29 is 22.8 Å². The van der Waals surface area contributed by atoms with Gasteiger partial charge in [-0.25, -0.2) is 4.98 Å². The van der Waals surface area contributed by atoms with Gasteiger partial charge in [-0.15, -0.1) is 0 Å². The number of imidazole rings is 1. The van der Waals surface area contributed by atoms with E-state index in [4.69, 9.17) is 0 Å². The summed E-state index contributed by atoms with van der Waals surface area (Å²) < 4.78 is 40.4. The van der Waals surface area contributed by atoms with Gasteiger partial charge in [0.25, 0.3) is 0 Å². The lowest BCUT2D eigenvalue weighted by Gasteiger charge is -2.12. The molecule has 0 aliphatic carbocycles. The quantitative estimate of drug-likeness (QED) is 0.562. The van der Waals surface area contributed by atoms with Gasteiger partial charge < -0.3 is 15.2 Å². The van der Waals surface area contributed by atoms with Crippen LogP contribution in [0.15, 0.2) is 48.5 Å². The van der Waals surface area contributed by atoms with Crippen molar-refractivity contribution >= 4 is 28.5 Å². The minimum absolute atomic E-state index is 0.0487. The highest BCUT2D eigenvalue weighted by molar-refractivity contribution is 5.91. The molecule has 0 fully saturated rings. The number of anilines is 1. The first-order chi connectivity index (χ1) is 14.8. The van der Waals surface area contributed by atoms with Crippen LogP contribution in [0.4, 0.5) is 18.9 Å². The fourth-order valence-corrected chi connectivity index (χ4v) is 3.24. The van der Waals surface area contributed by atoms with E-state index >= 15 is 0 Å². The summed E-state index contributed by atoms with van der Waals surface area (Å²) in [6, 6.07) is 11.8. The number of alkyl halides is 3. The first kappa shape index (κ1) is 22.3. The molecular formula is C22H23F3N4O2. The SMILES string of the molecule is CCCC(=O)NCCc1nc2ccccc2n1CC(=O)Nc1cccc(C(F)(F)F)c1. The van der Waals surface area contributed by atoms with Gasteiger partial charge >= 0.3 is 6.18 Å². The van der Waals surface area contributed by atoms with Gasteiger partial charge in [0.15, 0.2) is 0 Å².